The molecule has 0 radical (unpaired) electrons. The number of nitrogens with one attached hydrogen (secondary N) is 1. The fraction of sp³-hybridized carbons (Fsp3) is 0.353. The average molecular weight is 302 g/mol. The molecule has 1 aromatic carbocycles. The molecular weight excluding hydrogens is 282 g/mol. The first-order chi connectivity index (χ1) is 10.2. The molecular formula is C17H20ClN3. The van der Waals surface area contributed by atoms with E-state index in [1.165, 1.54) is 16.8 Å². The van der Waals surface area contributed by atoms with Crippen molar-refractivity contribution in [1.82, 2.24) is 10.3 Å². The Kier molecular flexibility index (Phi) is 4.13. The van der Waals surface area contributed by atoms with Gasteiger partial charge < -0.3 is 10.2 Å². The summed E-state index contributed by atoms with van der Waals surface area (Å²) in [7, 11) is 1.93. The van der Waals surface area contributed by atoms with Crippen molar-refractivity contribution in [3.8, 4) is 0 Å². The van der Waals surface area contributed by atoms with Crippen LogP contribution in [0.4, 0.5) is 11.5 Å². The van der Waals surface area contributed by atoms with E-state index in [2.05, 4.69) is 46.4 Å². The predicted octanol–water partition coefficient (Wildman–Crippen LogP) is 3.85. The number of hydrogen-bond acceptors (Lipinski definition) is 3. The van der Waals surface area contributed by atoms with Crippen LogP contribution in [0.15, 0.2) is 30.5 Å². The second-order valence-electron chi connectivity index (χ2n) is 5.55. The third-order valence-corrected chi connectivity index (χ3v) is 4.26. The van der Waals surface area contributed by atoms with Crippen LogP contribution in [-0.2, 0) is 13.0 Å². The first kappa shape index (κ1) is 14.4. The molecule has 1 aliphatic heterocycles. The zero-order chi connectivity index (χ0) is 14.8. The molecule has 2 aromatic rings. The Hall–Kier alpha value is -1.58. The van der Waals surface area contributed by atoms with Gasteiger partial charge in [0.2, 0.25) is 0 Å². The Balaban J connectivity index is 2.00. The quantitative estimate of drug-likeness (QED) is 0.933. The largest absolute Gasteiger partial charge is 0.326 e. The summed E-state index contributed by atoms with van der Waals surface area (Å²) >= 11 is 6.21. The molecule has 110 valence electrons. The number of rotatable bonds is 3. The number of pyridine rings is 1. The van der Waals surface area contributed by atoms with E-state index in [0.717, 1.165) is 37.3 Å². The Morgan fingerprint density at radius 1 is 1.33 bits per heavy atom. The molecule has 0 saturated heterocycles. The molecule has 3 rings (SSSR count). The molecule has 0 unspecified atom stereocenters. The van der Waals surface area contributed by atoms with Crippen LogP contribution in [0.5, 0.6) is 0 Å². The number of anilines is 2. The van der Waals surface area contributed by atoms with Crippen LogP contribution in [-0.4, -0.2) is 18.6 Å². The van der Waals surface area contributed by atoms with E-state index in [0.29, 0.717) is 5.02 Å². The van der Waals surface area contributed by atoms with Gasteiger partial charge in [-0.3, -0.25) is 0 Å². The third-order valence-electron chi connectivity index (χ3n) is 3.92. The fourth-order valence-electron chi connectivity index (χ4n) is 2.91. The summed E-state index contributed by atoms with van der Waals surface area (Å²) in [5, 5.41) is 3.87. The van der Waals surface area contributed by atoms with Gasteiger partial charge in [-0.25, -0.2) is 4.98 Å². The zero-order valence-electron chi connectivity index (χ0n) is 12.5. The van der Waals surface area contributed by atoms with Crippen molar-refractivity contribution >= 4 is 23.1 Å². The Bertz CT molecular complexity index is 654. The van der Waals surface area contributed by atoms with Gasteiger partial charge in [0.25, 0.3) is 0 Å². The van der Waals surface area contributed by atoms with Crippen LogP contribution in [0.2, 0.25) is 5.02 Å². The molecule has 0 amide bonds. The molecule has 1 aromatic heterocycles. The summed E-state index contributed by atoms with van der Waals surface area (Å²) in [6, 6.07) is 8.75. The van der Waals surface area contributed by atoms with Gasteiger partial charge in [-0.05, 0) is 50.1 Å². The SMILES string of the molecule is CNCc1cc(N2CCCc3cc(C)ccc32)ncc1Cl. The van der Waals surface area contributed by atoms with Crippen molar-refractivity contribution in [2.75, 3.05) is 18.5 Å². The second kappa shape index (κ2) is 6.04. The van der Waals surface area contributed by atoms with Crippen molar-refractivity contribution in [2.45, 2.75) is 26.3 Å². The number of aryl methyl sites for hydroxylation is 2. The highest BCUT2D eigenvalue weighted by Crippen LogP contribution is 2.34. The van der Waals surface area contributed by atoms with Gasteiger partial charge >= 0.3 is 0 Å². The summed E-state index contributed by atoms with van der Waals surface area (Å²) in [5.41, 5.74) is 5.09. The summed E-state index contributed by atoms with van der Waals surface area (Å²) in [5.74, 6) is 0.981. The van der Waals surface area contributed by atoms with Gasteiger partial charge in [-0.1, -0.05) is 29.3 Å². The molecule has 1 N–H and O–H groups in total. The van der Waals surface area contributed by atoms with E-state index in [1.807, 2.05) is 7.05 Å². The highest BCUT2D eigenvalue weighted by atomic mass is 35.5. The second-order valence-corrected chi connectivity index (χ2v) is 5.96. The van der Waals surface area contributed by atoms with E-state index in [-0.39, 0.29) is 0 Å². The van der Waals surface area contributed by atoms with Crippen LogP contribution >= 0.6 is 11.6 Å². The molecule has 4 heteroatoms. The van der Waals surface area contributed by atoms with Crippen LogP contribution in [0.1, 0.15) is 23.1 Å². The van der Waals surface area contributed by atoms with Crippen molar-refractivity contribution in [3.63, 3.8) is 0 Å². The van der Waals surface area contributed by atoms with E-state index in [4.69, 9.17) is 11.6 Å². The van der Waals surface area contributed by atoms with Crippen molar-refractivity contribution < 1.29 is 0 Å². The maximum Gasteiger partial charge on any atom is 0.133 e. The Morgan fingerprint density at radius 3 is 3.00 bits per heavy atom. The number of hydrogen-bond donors (Lipinski definition) is 1. The van der Waals surface area contributed by atoms with E-state index < -0.39 is 0 Å². The van der Waals surface area contributed by atoms with E-state index >= 15 is 0 Å². The lowest BCUT2D eigenvalue weighted by atomic mass is 9.99. The standard InChI is InChI=1S/C17H20ClN3/c1-12-5-6-16-13(8-12)4-3-7-21(16)17-9-14(10-19-2)15(18)11-20-17/h5-6,8-9,11,19H,3-4,7,10H2,1-2H3. The van der Waals surface area contributed by atoms with Gasteiger partial charge in [0.15, 0.2) is 0 Å². The van der Waals surface area contributed by atoms with E-state index in [9.17, 15) is 0 Å². The molecule has 0 aliphatic carbocycles. The highest BCUT2D eigenvalue weighted by molar-refractivity contribution is 6.31. The summed E-state index contributed by atoms with van der Waals surface area (Å²) < 4.78 is 0. The summed E-state index contributed by atoms with van der Waals surface area (Å²) in [4.78, 5) is 6.83. The topological polar surface area (TPSA) is 28.2 Å². The molecule has 0 saturated carbocycles. The van der Waals surface area contributed by atoms with Gasteiger partial charge in [0.05, 0.1) is 5.02 Å². The number of halogens is 1. The van der Waals surface area contributed by atoms with Crippen molar-refractivity contribution in [1.29, 1.82) is 0 Å². The maximum absolute atomic E-state index is 6.21. The molecule has 3 nitrogen and oxygen atoms in total. The summed E-state index contributed by atoms with van der Waals surface area (Å²) in [6.07, 6.45) is 4.05. The maximum atomic E-state index is 6.21. The van der Waals surface area contributed by atoms with E-state index in [1.54, 1.807) is 6.20 Å². The number of aromatic nitrogens is 1. The van der Waals surface area contributed by atoms with Gasteiger partial charge in [0, 0.05) is 25.0 Å². The molecule has 2 heterocycles. The van der Waals surface area contributed by atoms with Gasteiger partial charge in [-0.2, -0.15) is 0 Å². The summed E-state index contributed by atoms with van der Waals surface area (Å²) in [6.45, 7) is 3.90. The molecule has 1 aliphatic rings. The first-order valence-corrected chi connectivity index (χ1v) is 7.73. The Labute approximate surface area is 131 Å². The number of nitrogens with zero attached hydrogens (tertiary/aromatic N) is 2. The lowest BCUT2D eigenvalue weighted by Crippen LogP contribution is -2.25. The Morgan fingerprint density at radius 2 is 2.19 bits per heavy atom. The lowest BCUT2D eigenvalue weighted by Gasteiger charge is -2.31. The molecule has 0 spiro atoms. The monoisotopic (exact) mass is 301 g/mol. The molecule has 21 heavy (non-hydrogen) atoms. The normalized spacial score (nSPS) is 14.1. The van der Waals surface area contributed by atoms with Crippen molar-refractivity contribution in [3.05, 3.63) is 52.2 Å². The van der Waals surface area contributed by atoms with Crippen LogP contribution in [0, 0.1) is 6.92 Å². The number of fused-ring (bicyclic) bond motifs is 1. The fourth-order valence-corrected chi connectivity index (χ4v) is 3.08. The minimum atomic E-state index is 0.717. The van der Waals surface area contributed by atoms with Crippen LogP contribution in [0.25, 0.3) is 0 Å². The predicted molar refractivity (Wildman–Crippen MR) is 88.5 cm³/mol. The molecule has 0 bridgehead atoms. The highest BCUT2D eigenvalue weighted by Gasteiger charge is 2.19. The minimum absolute atomic E-state index is 0.717. The van der Waals surface area contributed by atoms with Gasteiger partial charge in [-0.15, -0.1) is 0 Å². The smallest absolute Gasteiger partial charge is 0.133 e. The zero-order valence-corrected chi connectivity index (χ0v) is 13.2. The first-order valence-electron chi connectivity index (χ1n) is 7.35. The molecule has 0 fully saturated rings. The minimum Gasteiger partial charge on any atom is -0.326 e. The number of benzene rings is 1. The van der Waals surface area contributed by atoms with Crippen LogP contribution in [0.3, 0.4) is 0 Å². The average Bonchev–Trinajstić information content (AvgIpc) is 2.49. The van der Waals surface area contributed by atoms with Gasteiger partial charge in [0.1, 0.15) is 5.82 Å². The third kappa shape index (κ3) is 2.89. The molecule has 0 atom stereocenters. The lowest BCUT2D eigenvalue weighted by molar-refractivity contribution is 0.756. The van der Waals surface area contributed by atoms with Crippen molar-refractivity contribution in [2.24, 2.45) is 0 Å². The van der Waals surface area contributed by atoms with Crippen LogP contribution < -0.4 is 10.2 Å².